The van der Waals surface area contributed by atoms with Gasteiger partial charge >= 0.3 is 0 Å². The molecule has 1 aromatic heterocycles. The molecular weight excluding hydrogens is 338 g/mol. The lowest BCUT2D eigenvalue weighted by Crippen LogP contribution is -2.41. The monoisotopic (exact) mass is 367 g/mol. The summed E-state index contributed by atoms with van der Waals surface area (Å²) in [5, 5.41) is 3.04. The Kier molecular flexibility index (Phi) is 6.11. The zero-order valence-electron chi connectivity index (χ0n) is 16.4. The van der Waals surface area contributed by atoms with Gasteiger partial charge in [-0.15, -0.1) is 0 Å². The maximum absolute atomic E-state index is 12.6. The van der Waals surface area contributed by atoms with Gasteiger partial charge in [0, 0.05) is 24.3 Å². The number of hydrogen-bond acceptors (Lipinski definition) is 4. The number of ether oxygens (including phenoxy) is 1. The van der Waals surface area contributed by atoms with Gasteiger partial charge in [0.2, 0.25) is 5.91 Å². The van der Waals surface area contributed by atoms with Gasteiger partial charge in [0.05, 0.1) is 6.20 Å². The second-order valence-electron chi connectivity index (χ2n) is 8.42. The first-order valence-electron chi connectivity index (χ1n) is 9.60. The number of carbonyl (C=O) groups is 1. The lowest BCUT2D eigenvalue weighted by molar-refractivity contribution is -0.121. The highest BCUT2D eigenvalue weighted by molar-refractivity contribution is 5.92. The highest BCUT2D eigenvalue weighted by Crippen LogP contribution is 2.25. The van der Waals surface area contributed by atoms with Gasteiger partial charge in [-0.2, -0.15) is 0 Å². The summed E-state index contributed by atoms with van der Waals surface area (Å²) < 4.78 is 5.73. The van der Waals surface area contributed by atoms with Gasteiger partial charge in [-0.3, -0.25) is 9.78 Å². The van der Waals surface area contributed by atoms with Crippen molar-refractivity contribution in [2.45, 2.75) is 33.6 Å². The van der Waals surface area contributed by atoms with Crippen LogP contribution < -0.4 is 10.1 Å². The quantitative estimate of drug-likeness (QED) is 0.841. The summed E-state index contributed by atoms with van der Waals surface area (Å²) in [6.45, 7) is 9.84. The van der Waals surface area contributed by atoms with E-state index in [2.05, 4.69) is 36.0 Å². The van der Waals surface area contributed by atoms with E-state index >= 15 is 0 Å². The molecule has 1 aromatic carbocycles. The topological polar surface area (TPSA) is 54.5 Å². The van der Waals surface area contributed by atoms with Gasteiger partial charge in [-0.05, 0) is 67.7 Å². The van der Waals surface area contributed by atoms with Crippen LogP contribution >= 0.6 is 0 Å². The number of rotatable bonds is 5. The fourth-order valence-corrected chi connectivity index (χ4v) is 3.42. The number of carbonyl (C=O) groups excluding carboxylic acids is 1. The van der Waals surface area contributed by atoms with E-state index in [4.69, 9.17) is 4.74 Å². The van der Waals surface area contributed by atoms with Gasteiger partial charge in [-0.1, -0.05) is 20.8 Å². The molecule has 1 amide bonds. The van der Waals surface area contributed by atoms with Crippen LogP contribution in [0.25, 0.3) is 0 Å². The molecule has 0 spiro atoms. The van der Waals surface area contributed by atoms with Crippen molar-refractivity contribution in [1.82, 2.24) is 9.88 Å². The van der Waals surface area contributed by atoms with Crippen molar-refractivity contribution in [1.29, 1.82) is 0 Å². The van der Waals surface area contributed by atoms with E-state index in [-0.39, 0.29) is 11.8 Å². The van der Waals surface area contributed by atoms with Gasteiger partial charge in [0.25, 0.3) is 0 Å². The third kappa shape index (κ3) is 6.07. The fraction of sp³-hybridized carbons (Fsp3) is 0.455. The van der Waals surface area contributed by atoms with Crippen LogP contribution in [-0.4, -0.2) is 35.4 Å². The summed E-state index contributed by atoms with van der Waals surface area (Å²) in [5.74, 6) is 1.62. The average Bonchev–Trinajstić information content (AvgIpc) is 2.63. The predicted octanol–water partition coefficient (Wildman–Crippen LogP) is 4.57. The lowest BCUT2D eigenvalue weighted by Gasteiger charge is -2.35. The summed E-state index contributed by atoms with van der Waals surface area (Å²) in [5.41, 5.74) is 1.10. The molecule has 5 heteroatoms. The van der Waals surface area contributed by atoms with Gasteiger partial charge in [-0.25, -0.2) is 0 Å². The number of likely N-dealkylation sites (tertiary alicyclic amines) is 1. The van der Waals surface area contributed by atoms with Gasteiger partial charge in [0.1, 0.15) is 11.5 Å². The molecule has 27 heavy (non-hydrogen) atoms. The SMILES string of the molecule is CC(C)(C)CN1CCC(C(=O)Nc2ccc(Oc3cccnc3)cc2)CC1. The van der Waals surface area contributed by atoms with Crippen molar-refractivity contribution < 1.29 is 9.53 Å². The van der Waals surface area contributed by atoms with E-state index < -0.39 is 0 Å². The Morgan fingerprint density at radius 3 is 2.44 bits per heavy atom. The number of anilines is 1. The molecule has 2 heterocycles. The van der Waals surface area contributed by atoms with Crippen molar-refractivity contribution in [3.63, 3.8) is 0 Å². The molecule has 0 radical (unpaired) electrons. The molecule has 0 unspecified atom stereocenters. The molecule has 0 atom stereocenters. The summed E-state index contributed by atoms with van der Waals surface area (Å²) >= 11 is 0. The Morgan fingerprint density at radius 2 is 1.85 bits per heavy atom. The summed E-state index contributed by atoms with van der Waals surface area (Å²) in [7, 11) is 0. The minimum atomic E-state index is 0.0903. The van der Waals surface area contributed by atoms with E-state index in [1.807, 2.05) is 36.4 Å². The summed E-state index contributed by atoms with van der Waals surface area (Å²) in [6, 6.07) is 11.1. The molecule has 1 N–H and O–H groups in total. The minimum Gasteiger partial charge on any atom is -0.456 e. The number of nitrogens with zero attached hydrogens (tertiary/aromatic N) is 2. The average molecular weight is 367 g/mol. The molecule has 3 rings (SSSR count). The van der Waals surface area contributed by atoms with Crippen molar-refractivity contribution >= 4 is 11.6 Å². The number of amides is 1. The molecule has 2 aromatic rings. The third-order valence-electron chi connectivity index (χ3n) is 4.65. The maximum Gasteiger partial charge on any atom is 0.227 e. The maximum atomic E-state index is 12.6. The largest absolute Gasteiger partial charge is 0.456 e. The number of pyridine rings is 1. The minimum absolute atomic E-state index is 0.0903. The number of piperidine rings is 1. The molecule has 1 fully saturated rings. The van der Waals surface area contributed by atoms with Crippen molar-refractivity contribution in [2.75, 3.05) is 25.0 Å². The standard InChI is InChI=1S/C22H29N3O2/c1-22(2,3)16-25-13-10-17(11-14-25)21(26)24-18-6-8-19(9-7-18)27-20-5-4-12-23-15-20/h4-9,12,15,17H,10-11,13-14,16H2,1-3H3,(H,24,26). The van der Waals surface area contributed by atoms with Gasteiger partial charge < -0.3 is 15.0 Å². The molecule has 1 aliphatic rings. The summed E-state index contributed by atoms with van der Waals surface area (Å²) in [4.78, 5) is 19.1. The zero-order chi connectivity index (χ0) is 19.3. The van der Waals surface area contributed by atoms with E-state index in [1.54, 1.807) is 12.4 Å². The first kappa shape index (κ1) is 19.4. The molecule has 0 saturated carbocycles. The van der Waals surface area contributed by atoms with E-state index in [0.29, 0.717) is 11.2 Å². The molecule has 0 aliphatic carbocycles. The molecule has 5 nitrogen and oxygen atoms in total. The van der Waals surface area contributed by atoms with Crippen LogP contribution in [0.4, 0.5) is 5.69 Å². The molecule has 144 valence electrons. The molecule has 1 aliphatic heterocycles. The predicted molar refractivity (Wildman–Crippen MR) is 108 cm³/mol. The smallest absolute Gasteiger partial charge is 0.227 e. The van der Waals surface area contributed by atoms with Crippen LogP contribution in [0.5, 0.6) is 11.5 Å². The molecular formula is C22H29N3O2. The molecule has 0 bridgehead atoms. The van der Waals surface area contributed by atoms with Crippen LogP contribution in [0, 0.1) is 11.3 Å². The van der Waals surface area contributed by atoms with Crippen LogP contribution in [0.3, 0.4) is 0 Å². The normalized spacial score (nSPS) is 16.1. The summed E-state index contributed by atoms with van der Waals surface area (Å²) in [6.07, 6.45) is 5.22. The van der Waals surface area contributed by atoms with Crippen LogP contribution in [0.2, 0.25) is 0 Å². The highest BCUT2D eigenvalue weighted by Gasteiger charge is 2.27. The van der Waals surface area contributed by atoms with Crippen molar-refractivity contribution in [3.8, 4) is 11.5 Å². The van der Waals surface area contributed by atoms with E-state index in [0.717, 1.165) is 43.9 Å². The van der Waals surface area contributed by atoms with Crippen molar-refractivity contribution in [2.24, 2.45) is 11.3 Å². The zero-order valence-corrected chi connectivity index (χ0v) is 16.4. The Bertz CT molecular complexity index is 730. The first-order valence-corrected chi connectivity index (χ1v) is 9.60. The lowest BCUT2D eigenvalue weighted by atomic mass is 9.91. The Labute approximate surface area is 161 Å². The van der Waals surface area contributed by atoms with Crippen LogP contribution in [0.15, 0.2) is 48.8 Å². The Hall–Kier alpha value is -2.40. The number of aromatic nitrogens is 1. The Balaban J connectivity index is 1.48. The van der Waals surface area contributed by atoms with Crippen LogP contribution in [-0.2, 0) is 4.79 Å². The van der Waals surface area contributed by atoms with E-state index in [9.17, 15) is 4.79 Å². The van der Waals surface area contributed by atoms with E-state index in [1.165, 1.54) is 0 Å². The fourth-order valence-electron chi connectivity index (χ4n) is 3.42. The van der Waals surface area contributed by atoms with Gasteiger partial charge in [0.15, 0.2) is 0 Å². The second-order valence-corrected chi connectivity index (χ2v) is 8.42. The van der Waals surface area contributed by atoms with Crippen LogP contribution in [0.1, 0.15) is 33.6 Å². The molecule has 1 saturated heterocycles. The number of benzene rings is 1. The Morgan fingerprint density at radius 1 is 1.15 bits per heavy atom. The van der Waals surface area contributed by atoms with Crippen molar-refractivity contribution in [3.05, 3.63) is 48.8 Å². The number of nitrogens with one attached hydrogen (secondary N) is 1. The second kappa shape index (κ2) is 8.53. The number of hydrogen-bond donors (Lipinski definition) is 1. The highest BCUT2D eigenvalue weighted by atomic mass is 16.5. The first-order chi connectivity index (χ1) is 12.9. The third-order valence-corrected chi connectivity index (χ3v) is 4.65.